The number of carbonyl (C=O) groups is 1. The molecule has 26 heavy (non-hydrogen) atoms. The summed E-state index contributed by atoms with van der Waals surface area (Å²) in [5.74, 6) is 1.17. The van der Waals surface area contributed by atoms with E-state index in [4.69, 9.17) is 21.7 Å². The van der Waals surface area contributed by atoms with E-state index in [1.807, 2.05) is 55.5 Å². The number of thiocarbonyl (C=S) groups is 1. The van der Waals surface area contributed by atoms with Crippen LogP contribution in [0.25, 0.3) is 6.08 Å². The number of hydrogen-bond donors (Lipinski definition) is 0. The first-order valence-electron chi connectivity index (χ1n) is 7.88. The molecule has 0 unspecified atom stereocenters. The third-order valence-electron chi connectivity index (χ3n) is 3.65. The van der Waals surface area contributed by atoms with E-state index in [0.717, 1.165) is 15.7 Å². The molecule has 7 heteroatoms. The molecule has 0 saturated carbocycles. The second kappa shape index (κ2) is 8.24. The van der Waals surface area contributed by atoms with E-state index in [1.165, 1.54) is 11.8 Å². The molecule has 1 aliphatic heterocycles. The van der Waals surface area contributed by atoms with Gasteiger partial charge in [0.1, 0.15) is 0 Å². The van der Waals surface area contributed by atoms with E-state index >= 15 is 0 Å². The van der Waals surface area contributed by atoms with E-state index < -0.39 is 0 Å². The van der Waals surface area contributed by atoms with Crippen molar-refractivity contribution in [2.45, 2.75) is 6.92 Å². The Balaban J connectivity index is 1.90. The maximum absolute atomic E-state index is 12.8. The SMILES string of the molecule is CCOc1ccc(C=C2SC(=S)N(c3cccc(Br)c3)C2=O)cc1OC. The molecule has 4 nitrogen and oxygen atoms in total. The van der Waals surface area contributed by atoms with Crippen LogP contribution in [-0.4, -0.2) is 23.9 Å². The van der Waals surface area contributed by atoms with E-state index in [-0.39, 0.29) is 5.91 Å². The summed E-state index contributed by atoms with van der Waals surface area (Å²) in [5, 5.41) is 0. The second-order valence-electron chi connectivity index (χ2n) is 5.34. The number of benzene rings is 2. The number of amides is 1. The molecule has 3 rings (SSSR count). The van der Waals surface area contributed by atoms with E-state index in [9.17, 15) is 4.79 Å². The van der Waals surface area contributed by atoms with Crippen molar-refractivity contribution in [3.8, 4) is 11.5 Å². The minimum atomic E-state index is -0.133. The van der Waals surface area contributed by atoms with Crippen molar-refractivity contribution < 1.29 is 14.3 Å². The Bertz CT molecular complexity index is 898. The van der Waals surface area contributed by atoms with E-state index in [2.05, 4.69) is 15.9 Å². The van der Waals surface area contributed by atoms with Crippen molar-refractivity contribution in [3.05, 3.63) is 57.4 Å². The summed E-state index contributed by atoms with van der Waals surface area (Å²) in [5.41, 5.74) is 1.59. The van der Waals surface area contributed by atoms with Crippen molar-refractivity contribution in [1.82, 2.24) is 0 Å². The smallest absolute Gasteiger partial charge is 0.270 e. The predicted octanol–water partition coefficient (Wildman–Crippen LogP) is 5.26. The highest BCUT2D eigenvalue weighted by molar-refractivity contribution is 9.10. The van der Waals surface area contributed by atoms with Gasteiger partial charge >= 0.3 is 0 Å². The number of halogens is 1. The Hall–Kier alpha value is -1.83. The maximum Gasteiger partial charge on any atom is 0.270 e. The van der Waals surface area contributed by atoms with Crippen LogP contribution >= 0.6 is 39.9 Å². The fourth-order valence-corrected chi connectivity index (χ4v) is 4.19. The Labute approximate surface area is 170 Å². The summed E-state index contributed by atoms with van der Waals surface area (Å²) < 4.78 is 12.3. The molecular weight excluding hydrogens is 434 g/mol. The lowest BCUT2D eigenvalue weighted by molar-refractivity contribution is -0.113. The zero-order chi connectivity index (χ0) is 18.7. The van der Waals surface area contributed by atoms with Crippen LogP contribution in [0, 0.1) is 0 Å². The zero-order valence-electron chi connectivity index (χ0n) is 14.2. The van der Waals surface area contributed by atoms with Gasteiger partial charge in [-0.2, -0.15) is 0 Å². The van der Waals surface area contributed by atoms with Crippen LogP contribution in [0.3, 0.4) is 0 Å². The number of hydrogen-bond acceptors (Lipinski definition) is 5. The highest BCUT2D eigenvalue weighted by Crippen LogP contribution is 2.37. The predicted molar refractivity (Wildman–Crippen MR) is 114 cm³/mol. The number of anilines is 1. The Morgan fingerprint density at radius 3 is 2.73 bits per heavy atom. The van der Waals surface area contributed by atoms with Gasteiger partial charge in [0.2, 0.25) is 0 Å². The molecule has 0 atom stereocenters. The highest BCUT2D eigenvalue weighted by atomic mass is 79.9. The number of rotatable bonds is 5. The van der Waals surface area contributed by atoms with Gasteiger partial charge in [0.05, 0.1) is 24.3 Å². The first kappa shape index (κ1) is 18.9. The van der Waals surface area contributed by atoms with Crippen LogP contribution in [-0.2, 0) is 4.79 Å². The fraction of sp³-hybridized carbons (Fsp3) is 0.158. The van der Waals surface area contributed by atoms with Gasteiger partial charge in [-0.3, -0.25) is 9.69 Å². The van der Waals surface area contributed by atoms with Gasteiger partial charge in [0, 0.05) is 4.47 Å². The van der Waals surface area contributed by atoms with Crippen molar-refractivity contribution in [2.75, 3.05) is 18.6 Å². The monoisotopic (exact) mass is 449 g/mol. The molecule has 2 aromatic rings. The lowest BCUT2D eigenvalue weighted by Crippen LogP contribution is -2.27. The van der Waals surface area contributed by atoms with Crippen LogP contribution in [0.15, 0.2) is 51.8 Å². The van der Waals surface area contributed by atoms with Crippen LogP contribution in [0.2, 0.25) is 0 Å². The molecule has 0 aliphatic carbocycles. The molecule has 1 heterocycles. The van der Waals surface area contributed by atoms with Crippen molar-refractivity contribution in [2.24, 2.45) is 0 Å². The molecule has 1 saturated heterocycles. The first-order chi connectivity index (χ1) is 12.5. The Morgan fingerprint density at radius 2 is 2.04 bits per heavy atom. The number of nitrogens with zero attached hydrogens (tertiary/aromatic N) is 1. The Morgan fingerprint density at radius 1 is 1.23 bits per heavy atom. The minimum Gasteiger partial charge on any atom is -0.493 e. The Kier molecular flexibility index (Phi) is 6.01. The normalized spacial score (nSPS) is 15.7. The summed E-state index contributed by atoms with van der Waals surface area (Å²) in [6.45, 7) is 2.47. The number of carbonyl (C=O) groups excluding carboxylic acids is 1. The highest BCUT2D eigenvalue weighted by Gasteiger charge is 2.33. The third kappa shape index (κ3) is 3.95. The van der Waals surface area contributed by atoms with Gasteiger partial charge in [0.25, 0.3) is 5.91 Å². The topological polar surface area (TPSA) is 38.8 Å². The standard InChI is InChI=1S/C19H16BrNO3S2/c1-3-24-15-8-7-12(9-16(15)23-2)10-17-18(22)21(19(25)26-17)14-6-4-5-13(20)11-14/h4-11H,3H2,1-2H3. The largest absolute Gasteiger partial charge is 0.493 e. The minimum absolute atomic E-state index is 0.133. The molecule has 0 aromatic heterocycles. The van der Waals surface area contributed by atoms with Crippen LogP contribution in [0.1, 0.15) is 12.5 Å². The average molecular weight is 450 g/mol. The van der Waals surface area contributed by atoms with Gasteiger partial charge < -0.3 is 9.47 Å². The summed E-state index contributed by atoms with van der Waals surface area (Å²) in [4.78, 5) is 14.9. The molecule has 1 aliphatic rings. The van der Waals surface area contributed by atoms with Crippen molar-refractivity contribution >= 4 is 61.9 Å². The molecule has 0 bridgehead atoms. The molecule has 134 valence electrons. The van der Waals surface area contributed by atoms with Crippen LogP contribution in [0.4, 0.5) is 5.69 Å². The van der Waals surface area contributed by atoms with Gasteiger partial charge in [0.15, 0.2) is 15.8 Å². The van der Waals surface area contributed by atoms with Crippen molar-refractivity contribution in [1.29, 1.82) is 0 Å². The molecule has 1 amide bonds. The summed E-state index contributed by atoms with van der Waals surface area (Å²) in [7, 11) is 1.59. The average Bonchev–Trinajstić information content (AvgIpc) is 2.90. The quantitative estimate of drug-likeness (QED) is 0.459. The van der Waals surface area contributed by atoms with E-state index in [0.29, 0.717) is 27.3 Å². The van der Waals surface area contributed by atoms with Gasteiger partial charge in [-0.1, -0.05) is 52.0 Å². The number of thioether (sulfide) groups is 1. The molecule has 0 spiro atoms. The molecule has 0 radical (unpaired) electrons. The van der Waals surface area contributed by atoms with Crippen LogP contribution < -0.4 is 14.4 Å². The molecule has 1 fully saturated rings. The molecular formula is C19H16BrNO3S2. The lowest BCUT2D eigenvalue weighted by atomic mass is 10.2. The zero-order valence-corrected chi connectivity index (χ0v) is 17.4. The second-order valence-corrected chi connectivity index (χ2v) is 7.93. The summed E-state index contributed by atoms with van der Waals surface area (Å²) in [6.07, 6.45) is 1.82. The molecule has 0 N–H and O–H groups in total. The first-order valence-corrected chi connectivity index (χ1v) is 9.89. The lowest BCUT2D eigenvalue weighted by Gasteiger charge is -2.14. The van der Waals surface area contributed by atoms with Gasteiger partial charge in [-0.25, -0.2) is 0 Å². The number of ether oxygens (including phenoxy) is 2. The number of methoxy groups -OCH3 is 1. The maximum atomic E-state index is 12.8. The van der Waals surface area contributed by atoms with Gasteiger partial charge in [-0.05, 0) is 48.9 Å². The molecule has 2 aromatic carbocycles. The van der Waals surface area contributed by atoms with Crippen molar-refractivity contribution in [3.63, 3.8) is 0 Å². The third-order valence-corrected chi connectivity index (χ3v) is 5.44. The summed E-state index contributed by atoms with van der Waals surface area (Å²) in [6, 6.07) is 13.1. The van der Waals surface area contributed by atoms with Gasteiger partial charge in [-0.15, -0.1) is 0 Å². The van der Waals surface area contributed by atoms with Crippen LogP contribution in [0.5, 0.6) is 11.5 Å². The van der Waals surface area contributed by atoms with E-state index in [1.54, 1.807) is 12.0 Å². The summed E-state index contributed by atoms with van der Waals surface area (Å²) >= 11 is 10.1. The fourth-order valence-electron chi connectivity index (χ4n) is 2.51.